The average molecular weight is 320 g/mol. The number of furan rings is 1. The summed E-state index contributed by atoms with van der Waals surface area (Å²) in [4.78, 5) is 10.8. The highest BCUT2D eigenvalue weighted by atomic mass is 35.5. The molecule has 112 valence electrons. The fraction of sp³-hybridized carbons (Fsp3) is 0.154. The van der Waals surface area contributed by atoms with E-state index >= 15 is 0 Å². The largest absolute Gasteiger partial charge is 0.471 e. The number of halogens is 4. The first-order valence-electron chi connectivity index (χ1n) is 5.69. The van der Waals surface area contributed by atoms with E-state index in [0.717, 1.165) is 0 Å². The van der Waals surface area contributed by atoms with E-state index < -0.39 is 12.1 Å². The van der Waals surface area contributed by atoms with E-state index in [1.54, 1.807) is 17.4 Å². The molecule has 1 aromatic heterocycles. The van der Waals surface area contributed by atoms with E-state index in [4.69, 9.17) is 21.1 Å². The molecule has 21 heavy (non-hydrogen) atoms. The van der Waals surface area contributed by atoms with Crippen molar-refractivity contribution < 1.29 is 27.5 Å². The number of benzene rings is 1. The third-order valence-electron chi connectivity index (χ3n) is 2.57. The maximum atomic E-state index is 12.1. The molecule has 0 aliphatic rings. The Kier molecular flexibility index (Phi) is 4.24. The van der Waals surface area contributed by atoms with Crippen LogP contribution in [0.15, 0.2) is 34.7 Å². The number of anilines is 1. The SMILES string of the molecule is O=C(Nc1ccc(-c2ccc(CO)o2)c(Cl)c1)C(F)(F)F. The standard InChI is InChI=1S/C13H9ClF3NO3/c14-10-5-7(18-12(20)13(15,16)17)1-3-9(10)11-4-2-8(6-19)21-11/h1-5,19H,6H2,(H,18,20). The number of alkyl halides is 3. The Morgan fingerprint density at radius 2 is 2.00 bits per heavy atom. The molecule has 2 N–H and O–H groups in total. The molecule has 0 spiro atoms. The Morgan fingerprint density at radius 1 is 1.29 bits per heavy atom. The predicted octanol–water partition coefficient (Wildman–Crippen LogP) is 3.59. The molecular formula is C13H9ClF3NO3. The summed E-state index contributed by atoms with van der Waals surface area (Å²) in [6.45, 7) is -0.280. The van der Waals surface area contributed by atoms with Crippen molar-refractivity contribution in [3.63, 3.8) is 0 Å². The topological polar surface area (TPSA) is 62.5 Å². The zero-order valence-corrected chi connectivity index (χ0v) is 11.1. The average Bonchev–Trinajstić information content (AvgIpc) is 2.86. The van der Waals surface area contributed by atoms with Crippen LogP contribution in [0.4, 0.5) is 18.9 Å². The molecule has 4 nitrogen and oxygen atoms in total. The van der Waals surface area contributed by atoms with Crippen molar-refractivity contribution >= 4 is 23.2 Å². The lowest BCUT2D eigenvalue weighted by Gasteiger charge is -2.09. The normalized spacial score (nSPS) is 11.5. The van der Waals surface area contributed by atoms with Gasteiger partial charge in [0, 0.05) is 11.3 Å². The highest BCUT2D eigenvalue weighted by Crippen LogP contribution is 2.32. The van der Waals surface area contributed by atoms with Gasteiger partial charge in [-0.15, -0.1) is 0 Å². The van der Waals surface area contributed by atoms with Crippen molar-refractivity contribution in [2.24, 2.45) is 0 Å². The number of hydrogen-bond donors (Lipinski definition) is 2. The van der Waals surface area contributed by atoms with Gasteiger partial charge in [0.25, 0.3) is 0 Å². The lowest BCUT2D eigenvalue weighted by atomic mass is 10.1. The van der Waals surface area contributed by atoms with E-state index in [-0.39, 0.29) is 17.3 Å². The predicted molar refractivity (Wildman–Crippen MR) is 69.8 cm³/mol. The molecule has 0 radical (unpaired) electrons. The van der Waals surface area contributed by atoms with Crippen LogP contribution in [-0.4, -0.2) is 17.2 Å². The van der Waals surface area contributed by atoms with Crippen molar-refractivity contribution in [1.82, 2.24) is 0 Å². The molecule has 2 rings (SSSR count). The summed E-state index contributed by atoms with van der Waals surface area (Å²) in [6, 6.07) is 6.98. The van der Waals surface area contributed by atoms with E-state index in [1.807, 2.05) is 0 Å². The van der Waals surface area contributed by atoms with Gasteiger partial charge in [-0.2, -0.15) is 13.2 Å². The first kappa shape index (κ1) is 15.4. The Labute approximate surface area is 122 Å². The van der Waals surface area contributed by atoms with Gasteiger partial charge >= 0.3 is 12.1 Å². The van der Waals surface area contributed by atoms with Crippen LogP contribution in [0.5, 0.6) is 0 Å². The summed E-state index contributed by atoms with van der Waals surface area (Å²) < 4.78 is 41.7. The molecule has 8 heteroatoms. The second kappa shape index (κ2) is 5.79. The van der Waals surface area contributed by atoms with Gasteiger partial charge in [-0.1, -0.05) is 11.6 Å². The number of aliphatic hydroxyl groups excluding tert-OH is 1. The van der Waals surface area contributed by atoms with Gasteiger partial charge in [-0.25, -0.2) is 0 Å². The van der Waals surface area contributed by atoms with Gasteiger partial charge in [0.1, 0.15) is 18.1 Å². The van der Waals surface area contributed by atoms with Crippen molar-refractivity contribution in [3.8, 4) is 11.3 Å². The molecule has 0 saturated carbocycles. The summed E-state index contributed by atoms with van der Waals surface area (Å²) in [5, 5.41) is 10.7. The van der Waals surface area contributed by atoms with Crippen LogP contribution < -0.4 is 5.32 Å². The molecule has 0 bridgehead atoms. The molecule has 1 amide bonds. The first-order chi connectivity index (χ1) is 9.81. The number of carbonyl (C=O) groups is 1. The third-order valence-corrected chi connectivity index (χ3v) is 2.88. The number of carbonyl (C=O) groups excluding carboxylic acids is 1. The van der Waals surface area contributed by atoms with Crippen LogP contribution in [0.3, 0.4) is 0 Å². The minimum absolute atomic E-state index is 0.0833. The van der Waals surface area contributed by atoms with Crippen molar-refractivity contribution in [3.05, 3.63) is 41.1 Å². The van der Waals surface area contributed by atoms with Crippen LogP contribution in [-0.2, 0) is 11.4 Å². The monoisotopic (exact) mass is 319 g/mol. The summed E-state index contributed by atoms with van der Waals surface area (Å²) in [7, 11) is 0. The smallest absolute Gasteiger partial charge is 0.459 e. The first-order valence-corrected chi connectivity index (χ1v) is 6.06. The fourth-order valence-electron chi connectivity index (χ4n) is 1.60. The Hall–Kier alpha value is -1.99. The Morgan fingerprint density at radius 3 is 2.52 bits per heavy atom. The zero-order valence-electron chi connectivity index (χ0n) is 10.4. The number of rotatable bonds is 3. The van der Waals surface area contributed by atoms with Gasteiger partial charge in [-0.3, -0.25) is 4.79 Å². The summed E-state index contributed by atoms with van der Waals surface area (Å²) in [6.07, 6.45) is -4.97. The van der Waals surface area contributed by atoms with Crippen LogP contribution in [0.25, 0.3) is 11.3 Å². The Balaban J connectivity index is 2.23. The van der Waals surface area contributed by atoms with Crippen LogP contribution in [0.2, 0.25) is 5.02 Å². The van der Waals surface area contributed by atoms with Crippen molar-refractivity contribution in [2.45, 2.75) is 12.8 Å². The third kappa shape index (κ3) is 3.56. The van der Waals surface area contributed by atoms with Gasteiger partial charge < -0.3 is 14.8 Å². The molecular weight excluding hydrogens is 311 g/mol. The molecule has 0 aliphatic carbocycles. The second-order valence-electron chi connectivity index (χ2n) is 4.07. The molecule has 0 atom stereocenters. The maximum absolute atomic E-state index is 12.1. The Bertz CT molecular complexity index is 667. The minimum Gasteiger partial charge on any atom is -0.459 e. The molecule has 0 aliphatic heterocycles. The quantitative estimate of drug-likeness (QED) is 0.908. The van der Waals surface area contributed by atoms with E-state index in [0.29, 0.717) is 17.1 Å². The van der Waals surface area contributed by atoms with Gasteiger partial charge in [0.15, 0.2) is 0 Å². The summed E-state index contributed by atoms with van der Waals surface area (Å²) in [5.74, 6) is -1.39. The fourth-order valence-corrected chi connectivity index (χ4v) is 1.88. The number of nitrogens with one attached hydrogen (secondary N) is 1. The maximum Gasteiger partial charge on any atom is 0.471 e. The molecule has 1 heterocycles. The highest BCUT2D eigenvalue weighted by Gasteiger charge is 2.38. The molecule has 1 aromatic carbocycles. The molecule has 0 fully saturated rings. The van der Waals surface area contributed by atoms with Crippen molar-refractivity contribution in [1.29, 1.82) is 0 Å². The zero-order chi connectivity index (χ0) is 15.6. The lowest BCUT2D eigenvalue weighted by Crippen LogP contribution is -2.29. The number of aliphatic hydroxyl groups is 1. The van der Waals surface area contributed by atoms with E-state index in [2.05, 4.69) is 0 Å². The minimum atomic E-state index is -4.97. The van der Waals surface area contributed by atoms with Crippen LogP contribution in [0.1, 0.15) is 5.76 Å². The van der Waals surface area contributed by atoms with Gasteiger partial charge in [-0.05, 0) is 30.3 Å². The number of amides is 1. The van der Waals surface area contributed by atoms with Crippen LogP contribution in [0, 0.1) is 0 Å². The molecule has 0 saturated heterocycles. The number of hydrogen-bond acceptors (Lipinski definition) is 3. The van der Waals surface area contributed by atoms with Gasteiger partial charge in [0.2, 0.25) is 0 Å². The lowest BCUT2D eigenvalue weighted by molar-refractivity contribution is -0.167. The highest BCUT2D eigenvalue weighted by molar-refractivity contribution is 6.33. The molecule has 2 aromatic rings. The van der Waals surface area contributed by atoms with Crippen LogP contribution >= 0.6 is 11.6 Å². The molecule has 0 unspecified atom stereocenters. The summed E-state index contributed by atoms with van der Waals surface area (Å²) in [5.41, 5.74) is 0.349. The van der Waals surface area contributed by atoms with Gasteiger partial charge in [0.05, 0.1) is 5.02 Å². The summed E-state index contributed by atoms with van der Waals surface area (Å²) >= 11 is 5.96. The van der Waals surface area contributed by atoms with E-state index in [1.165, 1.54) is 18.2 Å². The second-order valence-corrected chi connectivity index (χ2v) is 4.48. The van der Waals surface area contributed by atoms with E-state index in [9.17, 15) is 18.0 Å². The van der Waals surface area contributed by atoms with Crippen molar-refractivity contribution in [2.75, 3.05) is 5.32 Å².